The molecule has 0 radical (unpaired) electrons. The Hall–Kier alpha value is -1.02. The SMILES string of the molecule is O=C(CCC1CCCCC1)NCC1(c2cccc(Cl)c2)CC1. The normalized spacial score (nSPS) is 20.6. The topological polar surface area (TPSA) is 29.1 Å². The van der Waals surface area contributed by atoms with Gasteiger partial charge in [-0.3, -0.25) is 4.79 Å². The highest BCUT2D eigenvalue weighted by Crippen LogP contribution is 2.48. The van der Waals surface area contributed by atoms with Crippen molar-refractivity contribution in [3.05, 3.63) is 34.9 Å². The third-order valence-electron chi connectivity index (χ3n) is 5.42. The van der Waals surface area contributed by atoms with Crippen LogP contribution in [0.5, 0.6) is 0 Å². The quantitative estimate of drug-likeness (QED) is 0.798. The zero-order valence-electron chi connectivity index (χ0n) is 13.2. The Kier molecular flexibility index (Phi) is 5.07. The summed E-state index contributed by atoms with van der Waals surface area (Å²) in [7, 11) is 0. The van der Waals surface area contributed by atoms with Gasteiger partial charge in [0.25, 0.3) is 0 Å². The molecule has 1 aromatic rings. The van der Waals surface area contributed by atoms with Crippen molar-refractivity contribution in [3.63, 3.8) is 0 Å². The first-order valence-corrected chi connectivity index (χ1v) is 9.08. The van der Waals surface area contributed by atoms with Crippen molar-refractivity contribution < 1.29 is 4.79 Å². The molecule has 3 rings (SSSR count). The van der Waals surface area contributed by atoms with E-state index in [0.29, 0.717) is 6.42 Å². The highest BCUT2D eigenvalue weighted by molar-refractivity contribution is 6.30. The van der Waals surface area contributed by atoms with Crippen LogP contribution >= 0.6 is 11.6 Å². The van der Waals surface area contributed by atoms with Gasteiger partial charge in [0.2, 0.25) is 5.91 Å². The van der Waals surface area contributed by atoms with E-state index in [2.05, 4.69) is 11.4 Å². The smallest absolute Gasteiger partial charge is 0.220 e. The van der Waals surface area contributed by atoms with Crippen LogP contribution in [0, 0.1) is 5.92 Å². The lowest BCUT2D eigenvalue weighted by molar-refractivity contribution is -0.121. The van der Waals surface area contributed by atoms with E-state index in [1.54, 1.807) is 0 Å². The molecule has 0 unspecified atom stereocenters. The maximum atomic E-state index is 12.1. The number of halogens is 1. The number of rotatable bonds is 6. The fourth-order valence-electron chi connectivity index (χ4n) is 3.70. The number of hydrogen-bond acceptors (Lipinski definition) is 1. The first-order chi connectivity index (χ1) is 10.7. The van der Waals surface area contributed by atoms with Crippen LogP contribution in [0.15, 0.2) is 24.3 Å². The van der Waals surface area contributed by atoms with Gasteiger partial charge in [-0.25, -0.2) is 0 Å². The minimum absolute atomic E-state index is 0.144. The average Bonchev–Trinajstić information content (AvgIpc) is 3.33. The summed E-state index contributed by atoms with van der Waals surface area (Å²) in [6.07, 6.45) is 10.8. The Bertz CT molecular complexity index is 518. The van der Waals surface area contributed by atoms with Crippen molar-refractivity contribution in [1.82, 2.24) is 5.32 Å². The van der Waals surface area contributed by atoms with E-state index >= 15 is 0 Å². The van der Waals surface area contributed by atoms with Crippen molar-refractivity contribution >= 4 is 17.5 Å². The number of hydrogen-bond donors (Lipinski definition) is 1. The van der Waals surface area contributed by atoms with Gasteiger partial charge < -0.3 is 5.32 Å². The van der Waals surface area contributed by atoms with E-state index in [1.807, 2.05) is 18.2 Å². The molecular formula is C19H26ClNO. The average molecular weight is 320 g/mol. The third-order valence-corrected chi connectivity index (χ3v) is 5.65. The molecule has 1 aromatic carbocycles. The molecular weight excluding hydrogens is 294 g/mol. The van der Waals surface area contributed by atoms with Gasteiger partial charge in [-0.1, -0.05) is 55.8 Å². The number of amides is 1. The number of carbonyl (C=O) groups is 1. The molecule has 0 aliphatic heterocycles. The van der Waals surface area contributed by atoms with Gasteiger partial charge in [0.1, 0.15) is 0 Å². The zero-order valence-corrected chi connectivity index (χ0v) is 14.0. The highest BCUT2D eigenvalue weighted by Gasteiger charge is 2.44. The van der Waals surface area contributed by atoms with Crippen LogP contribution in [-0.2, 0) is 10.2 Å². The molecule has 2 aliphatic carbocycles. The monoisotopic (exact) mass is 319 g/mol. The zero-order chi connectivity index (χ0) is 15.4. The summed E-state index contributed by atoms with van der Waals surface area (Å²) in [5.41, 5.74) is 1.42. The molecule has 22 heavy (non-hydrogen) atoms. The van der Waals surface area contributed by atoms with E-state index in [4.69, 9.17) is 11.6 Å². The van der Waals surface area contributed by atoms with Crippen molar-refractivity contribution in [3.8, 4) is 0 Å². The summed E-state index contributed by atoms with van der Waals surface area (Å²) >= 11 is 6.09. The van der Waals surface area contributed by atoms with E-state index in [-0.39, 0.29) is 11.3 Å². The summed E-state index contributed by atoms with van der Waals surface area (Å²) in [5, 5.41) is 3.95. The number of nitrogens with one attached hydrogen (secondary N) is 1. The Morgan fingerprint density at radius 2 is 2.00 bits per heavy atom. The molecule has 0 spiro atoms. The summed E-state index contributed by atoms with van der Waals surface area (Å²) in [5.74, 6) is 1.00. The predicted octanol–water partition coefficient (Wildman–Crippen LogP) is 4.85. The molecule has 3 heteroatoms. The molecule has 0 aromatic heterocycles. The Morgan fingerprint density at radius 1 is 1.23 bits per heavy atom. The molecule has 2 fully saturated rings. The molecule has 1 N–H and O–H groups in total. The Balaban J connectivity index is 1.44. The fraction of sp³-hybridized carbons (Fsp3) is 0.632. The second-order valence-electron chi connectivity index (χ2n) is 7.11. The molecule has 2 saturated carbocycles. The molecule has 2 aliphatic rings. The second-order valence-corrected chi connectivity index (χ2v) is 7.55. The fourth-order valence-corrected chi connectivity index (χ4v) is 3.89. The standard InChI is InChI=1S/C19H26ClNO/c20-17-8-4-7-16(13-17)19(11-12-19)14-21-18(22)10-9-15-5-2-1-3-6-15/h4,7-8,13,15H,1-3,5-6,9-12,14H2,(H,21,22). The third kappa shape index (κ3) is 4.04. The van der Waals surface area contributed by atoms with Crippen molar-refractivity contribution in [1.29, 1.82) is 0 Å². The minimum Gasteiger partial charge on any atom is -0.355 e. The molecule has 1 amide bonds. The van der Waals surface area contributed by atoms with Crippen molar-refractivity contribution in [2.24, 2.45) is 5.92 Å². The van der Waals surface area contributed by atoms with Gasteiger partial charge in [0.15, 0.2) is 0 Å². The predicted molar refractivity (Wildman–Crippen MR) is 91.2 cm³/mol. The van der Waals surface area contributed by atoms with Gasteiger partial charge in [0, 0.05) is 23.4 Å². The lowest BCUT2D eigenvalue weighted by Crippen LogP contribution is -2.32. The lowest BCUT2D eigenvalue weighted by Gasteiger charge is -2.21. The van der Waals surface area contributed by atoms with Crippen LogP contribution in [0.1, 0.15) is 63.4 Å². The van der Waals surface area contributed by atoms with Crippen LogP contribution in [0.25, 0.3) is 0 Å². The first-order valence-electron chi connectivity index (χ1n) is 8.71. The molecule has 120 valence electrons. The first kappa shape index (κ1) is 15.9. The number of benzene rings is 1. The van der Waals surface area contributed by atoms with E-state index in [1.165, 1.54) is 37.7 Å². The molecule has 0 saturated heterocycles. The summed E-state index contributed by atoms with van der Waals surface area (Å²) < 4.78 is 0. The summed E-state index contributed by atoms with van der Waals surface area (Å²) in [6, 6.07) is 8.09. The van der Waals surface area contributed by atoms with Gasteiger partial charge in [-0.2, -0.15) is 0 Å². The van der Waals surface area contributed by atoms with Crippen LogP contribution < -0.4 is 5.32 Å². The highest BCUT2D eigenvalue weighted by atomic mass is 35.5. The van der Waals surface area contributed by atoms with Crippen LogP contribution in [-0.4, -0.2) is 12.5 Å². The van der Waals surface area contributed by atoms with E-state index in [9.17, 15) is 4.79 Å². The van der Waals surface area contributed by atoms with Gasteiger partial charge in [-0.05, 0) is 42.9 Å². The van der Waals surface area contributed by atoms with Crippen molar-refractivity contribution in [2.75, 3.05) is 6.54 Å². The number of carbonyl (C=O) groups excluding carboxylic acids is 1. The van der Waals surface area contributed by atoms with Gasteiger partial charge >= 0.3 is 0 Å². The van der Waals surface area contributed by atoms with Gasteiger partial charge in [-0.15, -0.1) is 0 Å². The molecule has 0 bridgehead atoms. The van der Waals surface area contributed by atoms with E-state index in [0.717, 1.165) is 36.7 Å². The molecule has 0 heterocycles. The lowest BCUT2D eigenvalue weighted by atomic mass is 9.86. The Labute approximate surface area is 138 Å². The Morgan fingerprint density at radius 3 is 2.68 bits per heavy atom. The maximum absolute atomic E-state index is 12.1. The maximum Gasteiger partial charge on any atom is 0.220 e. The second kappa shape index (κ2) is 7.04. The molecule has 2 nitrogen and oxygen atoms in total. The van der Waals surface area contributed by atoms with Crippen LogP contribution in [0.2, 0.25) is 5.02 Å². The van der Waals surface area contributed by atoms with Gasteiger partial charge in [0.05, 0.1) is 0 Å². The summed E-state index contributed by atoms with van der Waals surface area (Å²) in [4.78, 5) is 12.1. The van der Waals surface area contributed by atoms with E-state index < -0.39 is 0 Å². The molecule has 0 atom stereocenters. The van der Waals surface area contributed by atoms with Crippen LogP contribution in [0.3, 0.4) is 0 Å². The largest absolute Gasteiger partial charge is 0.355 e. The van der Waals surface area contributed by atoms with Crippen LogP contribution in [0.4, 0.5) is 0 Å². The van der Waals surface area contributed by atoms with Crippen molar-refractivity contribution in [2.45, 2.75) is 63.2 Å². The minimum atomic E-state index is 0.144. The summed E-state index contributed by atoms with van der Waals surface area (Å²) in [6.45, 7) is 0.761.